The third-order valence-corrected chi connectivity index (χ3v) is 2.95. The maximum atomic E-state index is 11.9. The molecule has 1 amide bonds. The second kappa shape index (κ2) is 5.29. The van der Waals surface area contributed by atoms with Gasteiger partial charge in [0.05, 0.1) is 12.1 Å². The van der Waals surface area contributed by atoms with Crippen molar-refractivity contribution in [1.29, 1.82) is 0 Å². The van der Waals surface area contributed by atoms with E-state index < -0.39 is 0 Å². The summed E-state index contributed by atoms with van der Waals surface area (Å²) in [5, 5.41) is 2.87. The first-order valence-corrected chi connectivity index (χ1v) is 5.86. The summed E-state index contributed by atoms with van der Waals surface area (Å²) >= 11 is 0. The van der Waals surface area contributed by atoms with E-state index in [0.29, 0.717) is 6.54 Å². The maximum Gasteiger partial charge on any atom is 0.249 e. The summed E-state index contributed by atoms with van der Waals surface area (Å²) in [6.45, 7) is 2.35. The van der Waals surface area contributed by atoms with E-state index in [4.69, 9.17) is 10.5 Å². The first-order valence-electron chi connectivity index (χ1n) is 5.86. The molecular weight excluding hydrogens is 220 g/mol. The van der Waals surface area contributed by atoms with E-state index in [9.17, 15) is 4.79 Å². The van der Waals surface area contributed by atoms with Gasteiger partial charge in [0.2, 0.25) is 5.91 Å². The fourth-order valence-electron chi connectivity index (χ4n) is 1.96. The molecule has 1 aliphatic heterocycles. The summed E-state index contributed by atoms with van der Waals surface area (Å²) < 4.78 is 5.52. The minimum atomic E-state index is -0.374. The van der Waals surface area contributed by atoms with Crippen molar-refractivity contribution in [2.45, 2.75) is 38.0 Å². The lowest BCUT2D eigenvalue weighted by Gasteiger charge is -2.16. The molecule has 94 valence electrons. The second-order valence-electron chi connectivity index (χ2n) is 4.26. The number of aromatic nitrogens is 2. The Hall–Kier alpha value is -1.40. The smallest absolute Gasteiger partial charge is 0.249 e. The second-order valence-corrected chi connectivity index (χ2v) is 4.26. The van der Waals surface area contributed by atoms with Crippen molar-refractivity contribution in [3.63, 3.8) is 0 Å². The van der Waals surface area contributed by atoms with Gasteiger partial charge in [-0.15, -0.1) is 0 Å². The molecule has 1 aromatic heterocycles. The first kappa shape index (κ1) is 12.1. The van der Waals surface area contributed by atoms with E-state index in [1.54, 1.807) is 12.4 Å². The largest absolute Gasteiger partial charge is 0.364 e. The normalized spacial score (nSPS) is 25.8. The van der Waals surface area contributed by atoms with Crippen LogP contribution in [0.2, 0.25) is 0 Å². The Kier molecular flexibility index (Phi) is 3.75. The molecule has 1 saturated heterocycles. The molecule has 0 aromatic carbocycles. The lowest BCUT2D eigenvalue weighted by molar-refractivity contribution is -0.132. The van der Waals surface area contributed by atoms with Gasteiger partial charge in [-0.1, -0.05) is 0 Å². The van der Waals surface area contributed by atoms with Gasteiger partial charge in [-0.25, -0.2) is 4.98 Å². The zero-order valence-corrected chi connectivity index (χ0v) is 9.85. The highest BCUT2D eigenvalue weighted by molar-refractivity contribution is 5.81. The van der Waals surface area contributed by atoms with Crippen LogP contribution in [0, 0.1) is 0 Å². The molecule has 17 heavy (non-hydrogen) atoms. The van der Waals surface area contributed by atoms with Gasteiger partial charge in [-0.05, 0) is 19.8 Å². The Morgan fingerprint density at radius 3 is 3.18 bits per heavy atom. The van der Waals surface area contributed by atoms with Crippen LogP contribution in [0.25, 0.3) is 0 Å². The Balaban J connectivity index is 1.85. The highest BCUT2D eigenvalue weighted by atomic mass is 16.5. The van der Waals surface area contributed by atoms with E-state index in [2.05, 4.69) is 15.3 Å². The number of hydrogen-bond acceptors (Lipinski definition) is 4. The highest BCUT2D eigenvalue weighted by Gasteiger charge is 2.30. The van der Waals surface area contributed by atoms with E-state index in [-0.39, 0.29) is 24.2 Å². The molecule has 4 N–H and O–H groups in total. The van der Waals surface area contributed by atoms with Gasteiger partial charge >= 0.3 is 0 Å². The number of amides is 1. The number of nitrogens with two attached hydrogens (primary N) is 1. The fourth-order valence-corrected chi connectivity index (χ4v) is 1.96. The van der Waals surface area contributed by atoms with Gasteiger partial charge in [0, 0.05) is 18.9 Å². The van der Waals surface area contributed by atoms with E-state index in [1.165, 1.54) is 0 Å². The van der Waals surface area contributed by atoms with Crippen LogP contribution in [0.3, 0.4) is 0 Å². The van der Waals surface area contributed by atoms with Crippen LogP contribution in [-0.2, 0) is 9.53 Å². The molecule has 0 bridgehead atoms. The minimum Gasteiger partial charge on any atom is -0.364 e. The predicted molar refractivity (Wildman–Crippen MR) is 62.1 cm³/mol. The van der Waals surface area contributed by atoms with Crippen LogP contribution in [0.4, 0.5) is 0 Å². The van der Waals surface area contributed by atoms with Crippen LogP contribution >= 0.6 is 0 Å². The summed E-state index contributed by atoms with van der Waals surface area (Å²) in [6.07, 6.45) is 4.62. The topological polar surface area (TPSA) is 93.0 Å². The molecule has 2 heterocycles. The molecule has 0 spiro atoms. The van der Waals surface area contributed by atoms with Gasteiger partial charge in [-0.2, -0.15) is 0 Å². The third-order valence-electron chi connectivity index (χ3n) is 2.95. The molecule has 6 nitrogen and oxygen atoms in total. The van der Waals surface area contributed by atoms with Crippen molar-refractivity contribution in [1.82, 2.24) is 15.3 Å². The highest BCUT2D eigenvalue weighted by Crippen LogP contribution is 2.19. The molecule has 2 rings (SSSR count). The SMILES string of the molecule is CC(NC(=O)C1CCC(CN)O1)c1ncc[nH]1. The van der Waals surface area contributed by atoms with Crippen molar-refractivity contribution < 1.29 is 9.53 Å². The van der Waals surface area contributed by atoms with E-state index in [1.807, 2.05) is 6.92 Å². The molecular formula is C11H18N4O2. The molecule has 0 radical (unpaired) electrons. The number of nitrogens with one attached hydrogen (secondary N) is 2. The number of hydrogen-bond donors (Lipinski definition) is 3. The Morgan fingerprint density at radius 1 is 1.76 bits per heavy atom. The number of H-pyrrole nitrogens is 1. The van der Waals surface area contributed by atoms with Crippen LogP contribution in [0.15, 0.2) is 12.4 Å². The van der Waals surface area contributed by atoms with Crippen LogP contribution < -0.4 is 11.1 Å². The molecule has 1 aliphatic rings. The molecule has 6 heteroatoms. The Bertz CT molecular complexity index is 366. The van der Waals surface area contributed by atoms with E-state index >= 15 is 0 Å². The quantitative estimate of drug-likeness (QED) is 0.693. The number of carbonyl (C=O) groups excluding carboxylic acids is 1. The lowest BCUT2D eigenvalue weighted by Crippen LogP contribution is -2.37. The van der Waals surface area contributed by atoms with Gasteiger partial charge in [0.1, 0.15) is 11.9 Å². The fraction of sp³-hybridized carbons (Fsp3) is 0.636. The van der Waals surface area contributed by atoms with Gasteiger partial charge < -0.3 is 20.8 Å². The van der Waals surface area contributed by atoms with Crippen LogP contribution in [0.1, 0.15) is 31.6 Å². The standard InChI is InChI=1S/C11H18N4O2/c1-7(10-13-4-5-14-10)15-11(16)9-3-2-8(6-12)17-9/h4-5,7-9H,2-3,6,12H2,1H3,(H,13,14)(H,15,16). The first-order chi connectivity index (χ1) is 8.20. The maximum absolute atomic E-state index is 11.9. The van der Waals surface area contributed by atoms with Crippen molar-refractivity contribution in [2.24, 2.45) is 5.73 Å². The van der Waals surface area contributed by atoms with Crippen molar-refractivity contribution in [3.8, 4) is 0 Å². The third kappa shape index (κ3) is 2.83. The van der Waals surface area contributed by atoms with Crippen molar-refractivity contribution in [2.75, 3.05) is 6.54 Å². The Morgan fingerprint density at radius 2 is 2.59 bits per heavy atom. The number of aromatic amines is 1. The average Bonchev–Trinajstić information content (AvgIpc) is 3.00. The Labute approximate surface area is 99.9 Å². The van der Waals surface area contributed by atoms with Gasteiger partial charge in [0.25, 0.3) is 0 Å². The van der Waals surface area contributed by atoms with Crippen LogP contribution in [-0.4, -0.2) is 34.6 Å². The summed E-state index contributed by atoms with van der Waals surface area (Å²) in [5.41, 5.74) is 5.50. The van der Waals surface area contributed by atoms with Gasteiger partial charge in [-0.3, -0.25) is 4.79 Å². The number of carbonyl (C=O) groups is 1. The van der Waals surface area contributed by atoms with Gasteiger partial charge in [0.15, 0.2) is 0 Å². The van der Waals surface area contributed by atoms with Crippen molar-refractivity contribution >= 4 is 5.91 Å². The summed E-state index contributed by atoms with van der Waals surface area (Å²) in [5.74, 6) is 0.650. The zero-order valence-electron chi connectivity index (χ0n) is 9.85. The monoisotopic (exact) mass is 238 g/mol. The number of ether oxygens (including phenoxy) is 1. The lowest BCUT2D eigenvalue weighted by atomic mass is 10.2. The number of rotatable bonds is 4. The number of imidazole rings is 1. The minimum absolute atomic E-state index is 0.0182. The molecule has 3 unspecified atom stereocenters. The summed E-state index contributed by atoms with van der Waals surface area (Å²) in [7, 11) is 0. The molecule has 0 aliphatic carbocycles. The van der Waals surface area contributed by atoms with Crippen molar-refractivity contribution in [3.05, 3.63) is 18.2 Å². The summed E-state index contributed by atoms with van der Waals surface area (Å²) in [6, 6.07) is -0.141. The average molecular weight is 238 g/mol. The molecule has 3 atom stereocenters. The zero-order chi connectivity index (χ0) is 12.3. The molecule has 0 saturated carbocycles. The summed E-state index contributed by atoms with van der Waals surface area (Å²) in [4.78, 5) is 19.0. The van der Waals surface area contributed by atoms with E-state index in [0.717, 1.165) is 18.7 Å². The van der Waals surface area contributed by atoms with Crippen LogP contribution in [0.5, 0.6) is 0 Å². The predicted octanol–water partition coefficient (Wildman–Crippen LogP) is 0.0932. The molecule has 1 aromatic rings. The number of nitrogens with zero attached hydrogens (tertiary/aromatic N) is 1. The molecule has 1 fully saturated rings.